The minimum absolute atomic E-state index is 0.340. The Hall–Kier alpha value is -2.23. The standard InChI is InChI=1S/C15H17FN2O/c1-10-14(17)7-11(16)8-15(10)18(2)12-5-4-6-13(9-12)19-3/h4-9H,17H2,1-3H3. The van der Waals surface area contributed by atoms with Gasteiger partial charge in [-0.15, -0.1) is 0 Å². The number of nitrogen functional groups attached to an aromatic ring is 1. The number of nitrogens with zero attached hydrogens (tertiary/aromatic N) is 1. The summed E-state index contributed by atoms with van der Waals surface area (Å²) in [5.74, 6) is 0.416. The van der Waals surface area contributed by atoms with E-state index >= 15 is 0 Å². The van der Waals surface area contributed by atoms with Gasteiger partial charge in [0.05, 0.1) is 7.11 Å². The summed E-state index contributed by atoms with van der Waals surface area (Å²) in [5, 5.41) is 0. The fourth-order valence-corrected chi connectivity index (χ4v) is 1.99. The lowest BCUT2D eigenvalue weighted by Crippen LogP contribution is -2.12. The van der Waals surface area contributed by atoms with Gasteiger partial charge in [0.25, 0.3) is 0 Å². The molecule has 0 spiro atoms. The maximum atomic E-state index is 13.5. The molecule has 100 valence electrons. The average Bonchev–Trinajstić information content (AvgIpc) is 2.42. The highest BCUT2D eigenvalue weighted by molar-refractivity contribution is 5.71. The number of nitrogens with two attached hydrogens (primary N) is 1. The predicted octanol–water partition coefficient (Wildman–Crippen LogP) is 3.49. The van der Waals surface area contributed by atoms with E-state index in [1.807, 2.05) is 43.1 Å². The molecule has 0 atom stereocenters. The molecule has 2 rings (SSSR count). The zero-order chi connectivity index (χ0) is 14.0. The molecule has 2 aromatic rings. The number of benzene rings is 2. The van der Waals surface area contributed by atoms with Crippen LogP contribution in [0.3, 0.4) is 0 Å². The Labute approximate surface area is 112 Å². The Morgan fingerprint density at radius 2 is 1.95 bits per heavy atom. The highest BCUT2D eigenvalue weighted by atomic mass is 19.1. The van der Waals surface area contributed by atoms with Gasteiger partial charge in [0.15, 0.2) is 0 Å². The molecule has 0 aliphatic carbocycles. The smallest absolute Gasteiger partial charge is 0.127 e. The molecule has 0 saturated carbocycles. The van der Waals surface area contributed by atoms with Crippen LogP contribution in [-0.2, 0) is 0 Å². The van der Waals surface area contributed by atoms with E-state index in [9.17, 15) is 4.39 Å². The highest BCUT2D eigenvalue weighted by Gasteiger charge is 2.11. The van der Waals surface area contributed by atoms with E-state index in [4.69, 9.17) is 10.5 Å². The molecule has 0 aromatic heterocycles. The normalized spacial score (nSPS) is 10.3. The second-order valence-electron chi connectivity index (χ2n) is 4.40. The Morgan fingerprint density at radius 3 is 2.63 bits per heavy atom. The van der Waals surface area contributed by atoms with Crippen molar-refractivity contribution in [3.8, 4) is 5.75 Å². The van der Waals surface area contributed by atoms with Crippen LogP contribution in [0, 0.1) is 12.7 Å². The third kappa shape index (κ3) is 2.62. The molecule has 0 amide bonds. The second kappa shape index (κ2) is 5.18. The molecule has 0 saturated heterocycles. The molecular formula is C15H17FN2O. The van der Waals surface area contributed by atoms with Crippen LogP contribution in [0.5, 0.6) is 5.75 Å². The van der Waals surface area contributed by atoms with Gasteiger partial charge in [-0.25, -0.2) is 4.39 Å². The van der Waals surface area contributed by atoms with Crippen LogP contribution >= 0.6 is 0 Å². The second-order valence-corrected chi connectivity index (χ2v) is 4.40. The van der Waals surface area contributed by atoms with Crippen molar-refractivity contribution in [3.63, 3.8) is 0 Å². The van der Waals surface area contributed by atoms with Crippen molar-refractivity contribution in [2.75, 3.05) is 24.8 Å². The Bertz CT molecular complexity index is 599. The Balaban J connectivity index is 2.46. The number of methoxy groups -OCH3 is 1. The predicted molar refractivity (Wildman–Crippen MR) is 76.6 cm³/mol. The third-order valence-electron chi connectivity index (χ3n) is 3.19. The van der Waals surface area contributed by atoms with Crippen molar-refractivity contribution < 1.29 is 9.13 Å². The van der Waals surface area contributed by atoms with Crippen molar-refractivity contribution in [2.24, 2.45) is 0 Å². The molecular weight excluding hydrogens is 243 g/mol. The lowest BCUT2D eigenvalue weighted by Gasteiger charge is -2.23. The summed E-state index contributed by atoms with van der Waals surface area (Å²) in [6.07, 6.45) is 0. The zero-order valence-electron chi connectivity index (χ0n) is 11.3. The summed E-state index contributed by atoms with van der Waals surface area (Å²) in [6, 6.07) is 10.4. The van der Waals surface area contributed by atoms with E-state index in [1.54, 1.807) is 7.11 Å². The molecule has 0 bridgehead atoms. The summed E-state index contributed by atoms with van der Waals surface area (Å²) >= 11 is 0. The average molecular weight is 260 g/mol. The number of halogens is 1. The summed E-state index contributed by atoms with van der Waals surface area (Å²) in [6.45, 7) is 1.88. The van der Waals surface area contributed by atoms with E-state index in [0.29, 0.717) is 5.69 Å². The van der Waals surface area contributed by atoms with Crippen LogP contribution in [0.4, 0.5) is 21.5 Å². The van der Waals surface area contributed by atoms with E-state index in [0.717, 1.165) is 22.7 Å². The lowest BCUT2D eigenvalue weighted by atomic mass is 10.1. The molecule has 0 aliphatic heterocycles. The Morgan fingerprint density at radius 1 is 1.21 bits per heavy atom. The largest absolute Gasteiger partial charge is 0.497 e. The first kappa shape index (κ1) is 13.2. The number of hydrogen-bond donors (Lipinski definition) is 1. The van der Waals surface area contributed by atoms with Crippen LogP contribution in [0.25, 0.3) is 0 Å². The number of rotatable bonds is 3. The summed E-state index contributed by atoms with van der Waals surface area (Å²) in [5.41, 5.74) is 8.76. The molecule has 2 aromatic carbocycles. The monoisotopic (exact) mass is 260 g/mol. The first-order chi connectivity index (χ1) is 9.02. The highest BCUT2D eigenvalue weighted by Crippen LogP contribution is 2.32. The number of ether oxygens (including phenoxy) is 1. The summed E-state index contributed by atoms with van der Waals surface area (Å²) in [7, 11) is 3.49. The van der Waals surface area contributed by atoms with Crippen molar-refractivity contribution in [3.05, 3.63) is 47.8 Å². The minimum atomic E-state index is -0.340. The Kier molecular flexibility index (Phi) is 3.60. The van der Waals surface area contributed by atoms with Crippen molar-refractivity contribution in [2.45, 2.75) is 6.92 Å². The van der Waals surface area contributed by atoms with Gasteiger partial charge in [-0.1, -0.05) is 6.07 Å². The molecule has 2 N–H and O–H groups in total. The van der Waals surface area contributed by atoms with Crippen LogP contribution in [0.15, 0.2) is 36.4 Å². The SMILES string of the molecule is COc1cccc(N(C)c2cc(F)cc(N)c2C)c1. The van der Waals surface area contributed by atoms with Gasteiger partial charge in [0, 0.05) is 30.2 Å². The number of anilines is 3. The third-order valence-corrected chi connectivity index (χ3v) is 3.19. The summed E-state index contributed by atoms with van der Waals surface area (Å²) < 4.78 is 18.7. The summed E-state index contributed by atoms with van der Waals surface area (Å²) in [4.78, 5) is 1.89. The van der Waals surface area contributed by atoms with E-state index in [-0.39, 0.29) is 5.82 Å². The number of hydrogen-bond acceptors (Lipinski definition) is 3. The van der Waals surface area contributed by atoms with E-state index in [2.05, 4.69) is 0 Å². The quantitative estimate of drug-likeness (QED) is 0.858. The molecule has 0 radical (unpaired) electrons. The van der Waals surface area contributed by atoms with Gasteiger partial charge in [-0.05, 0) is 36.8 Å². The molecule has 3 nitrogen and oxygen atoms in total. The van der Waals surface area contributed by atoms with Crippen molar-refractivity contribution >= 4 is 17.1 Å². The fourth-order valence-electron chi connectivity index (χ4n) is 1.99. The van der Waals surface area contributed by atoms with Crippen LogP contribution in [-0.4, -0.2) is 14.2 Å². The maximum absolute atomic E-state index is 13.5. The van der Waals surface area contributed by atoms with Crippen LogP contribution in [0.2, 0.25) is 0 Å². The van der Waals surface area contributed by atoms with E-state index < -0.39 is 0 Å². The van der Waals surface area contributed by atoms with Gasteiger partial charge in [0.2, 0.25) is 0 Å². The van der Waals surface area contributed by atoms with Crippen molar-refractivity contribution in [1.29, 1.82) is 0 Å². The van der Waals surface area contributed by atoms with Crippen LogP contribution < -0.4 is 15.4 Å². The van der Waals surface area contributed by atoms with Gasteiger partial charge in [-0.3, -0.25) is 0 Å². The van der Waals surface area contributed by atoms with Gasteiger partial charge < -0.3 is 15.4 Å². The maximum Gasteiger partial charge on any atom is 0.127 e. The van der Waals surface area contributed by atoms with E-state index in [1.165, 1.54) is 12.1 Å². The topological polar surface area (TPSA) is 38.5 Å². The van der Waals surface area contributed by atoms with Crippen molar-refractivity contribution in [1.82, 2.24) is 0 Å². The lowest BCUT2D eigenvalue weighted by molar-refractivity contribution is 0.415. The minimum Gasteiger partial charge on any atom is -0.497 e. The molecule has 0 unspecified atom stereocenters. The molecule has 4 heteroatoms. The molecule has 0 heterocycles. The molecule has 19 heavy (non-hydrogen) atoms. The first-order valence-corrected chi connectivity index (χ1v) is 5.96. The van der Waals surface area contributed by atoms with Gasteiger partial charge >= 0.3 is 0 Å². The molecule has 0 fully saturated rings. The van der Waals surface area contributed by atoms with Gasteiger partial charge in [-0.2, -0.15) is 0 Å². The zero-order valence-corrected chi connectivity index (χ0v) is 11.3. The fraction of sp³-hybridized carbons (Fsp3) is 0.200. The first-order valence-electron chi connectivity index (χ1n) is 5.96. The van der Waals surface area contributed by atoms with Gasteiger partial charge in [0.1, 0.15) is 11.6 Å². The molecule has 0 aliphatic rings. The van der Waals surface area contributed by atoms with Crippen LogP contribution in [0.1, 0.15) is 5.56 Å².